The van der Waals surface area contributed by atoms with E-state index in [0.29, 0.717) is 30.6 Å². The van der Waals surface area contributed by atoms with Gasteiger partial charge in [-0.05, 0) is 36.6 Å². The van der Waals surface area contributed by atoms with Gasteiger partial charge in [-0.25, -0.2) is 13.2 Å². The van der Waals surface area contributed by atoms with E-state index in [2.05, 4.69) is 0 Å². The van der Waals surface area contributed by atoms with Crippen molar-refractivity contribution in [3.05, 3.63) is 29.3 Å². The Kier molecular flexibility index (Phi) is 5.79. The number of esters is 1. The van der Waals surface area contributed by atoms with Crippen LogP contribution in [0.2, 0.25) is 0 Å². The van der Waals surface area contributed by atoms with Gasteiger partial charge in [-0.15, -0.1) is 0 Å². The van der Waals surface area contributed by atoms with Crippen LogP contribution in [0.4, 0.5) is 18.9 Å². The fraction of sp³-hybridized carbons (Fsp3) is 0.467. The third kappa shape index (κ3) is 5.35. The van der Waals surface area contributed by atoms with Crippen LogP contribution in [-0.2, 0) is 26.0 Å². The van der Waals surface area contributed by atoms with E-state index < -0.39 is 41.2 Å². The standard InChI is InChI=1S/C15H17F3N2O5S/c1-26(23,24)20-6-2-3-10-7-11(4-5-12(10)20)14(22)25-8-13(21)19-9-15(16,17)18/h4-5,7H,2-3,6,8-9H2,1H3,(H,19,21). The number of carbonyl (C=O) groups excluding carboxylic acids is 2. The zero-order valence-corrected chi connectivity index (χ0v) is 14.6. The maximum absolute atomic E-state index is 12.0. The number of hydrogen-bond acceptors (Lipinski definition) is 5. The lowest BCUT2D eigenvalue weighted by Gasteiger charge is -2.29. The van der Waals surface area contributed by atoms with Crippen LogP contribution < -0.4 is 9.62 Å². The Balaban J connectivity index is 2.02. The lowest BCUT2D eigenvalue weighted by Crippen LogP contribution is -2.36. The Bertz CT molecular complexity index is 808. The summed E-state index contributed by atoms with van der Waals surface area (Å²) < 4.78 is 65.5. The van der Waals surface area contributed by atoms with Gasteiger partial charge in [0.05, 0.1) is 17.5 Å². The molecule has 1 N–H and O–H groups in total. The van der Waals surface area contributed by atoms with Gasteiger partial charge in [-0.2, -0.15) is 13.2 Å². The Morgan fingerprint density at radius 1 is 1.31 bits per heavy atom. The summed E-state index contributed by atoms with van der Waals surface area (Å²) in [5, 5.41) is 1.59. The molecule has 2 rings (SSSR count). The number of anilines is 1. The number of alkyl halides is 3. The normalized spacial score (nSPS) is 14.5. The molecule has 0 atom stereocenters. The molecule has 1 aliphatic rings. The van der Waals surface area contributed by atoms with Gasteiger partial charge in [0, 0.05) is 6.54 Å². The number of nitrogens with zero attached hydrogens (tertiary/aromatic N) is 1. The average molecular weight is 394 g/mol. The fourth-order valence-electron chi connectivity index (χ4n) is 2.50. The number of fused-ring (bicyclic) bond motifs is 1. The molecule has 26 heavy (non-hydrogen) atoms. The molecule has 11 heteroatoms. The zero-order chi connectivity index (χ0) is 19.5. The summed E-state index contributed by atoms with van der Waals surface area (Å²) in [7, 11) is -3.44. The van der Waals surface area contributed by atoms with E-state index in [0.717, 1.165) is 6.26 Å². The summed E-state index contributed by atoms with van der Waals surface area (Å²) in [5.41, 5.74) is 1.19. The molecule has 1 aliphatic heterocycles. The quantitative estimate of drug-likeness (QED) is 0.759. The molecule has 1 amide bonds. The van der Waals surface area contributed by atoms with Crippen LogP contribution in [0.1, 0.15) is 22.3 Å². The third-order valence-electron chi connectivity index (χ3n) is 3.61. The van der Waals surface area contributed by atoms with E-state index in [1.807, 2.05) is 0 Å². The van der Waals surface area contributed by atoms with Crippen molar-refractivity contribution in [2.45, 2.75) is 19.0 Å². The minimum Gasteiger partial charge on any atom is -0.452 e. The first kappa shape index (κ1) is 20.0. The van der Waals surface area contributed by atoms with Crippen molar-refractivity contribution in [2.24, 2.45) is 0 Å². The number of rotatable bonds is 5. The summed E-state index contributed by atoms with van der Waals surface area (Å²) in [6.07, 6.45) is -2.32. The smallest absolute Gasteiger partial charge is 0.405 e. The summed E-state index contributed by atoms with van der Waals surface area (Å²) in [4.78, 5) is 23.2. The molecule has 0 saturated heterocycles. The van der Waals surface area contributed by atoms with Gasteiger partial charge >= 0.3 is 12.1 Å². The van der Waals surface area contributed by atoms with Gasteiger partial charge in [-0.1, -0.05) is 0 Å². The van der Waals surface area contributed by atoms with Gasteiger partial charge in [0.15, 0.2) is 6.61 Å². The molecule has 1 aromatic carbocycles. The predicted molar refractivity (Wildman–Crippen MR) is 86.3 cm³/mol. The van der Waals surface area contributed by atoms with Crippen molar-refractivity contribution in [1.82, 2.24) is 5.32 Å². The van der Waals surface area contributed by atoms with Crippen LogP contribution in [-0.4, -0.2) is 52.4 Å². The maximum Gasteiger partial charge on any atom is 0.405 e. The second kappa shape index (κ2) is 7.52. The molecule has 0 spiro atoms. The number of carbonyl (C=O) groups is 2. The van der Waals surface area contributed by atoms with Crippen molar-refractivity contribution in [3.8, 4) is 0 Å². The van der Waals surface area contributed by atoms with Crippen molar-refractivity contribution in [1.29, 1.82) is 0 Å². The van der Waals surface area contributed by atoms with E-state index in [9.17, 15) is 31.2 Å². The molecule has 0 aromatic heterocycles. The minimum absolute atomic E-state index is 0.0859. The fourth-order valence-corrected chi connectivity index (χ4v) is 3.49. The van der Waals surface area contributed by atoms with Crippen LogP contribution in [0.3, 0.4) is 0 Å². The summed E-state index contributed by atoms with van der Waals surface area (Å²) >= 11 is 0. The second-order valence-corrected chi connectivity index (χ2v) is 7.66. The Labute approximate surface area is 148 Å². The molecule has 0 fully saturated rings. The molecule has 7 nitrogen and oxygen atoms in total. The highest BCUT2D eigenvalue weighted by molar-refractivity contribution is 7.92. The van der Waals surface area contributed by atoms with Gasteiger partial charge < -0.3 is 10.1 Å². The second-order valence-electron chi connectivity index (χ2n) is 5.75. The summed E-state index contributed by atoms with van der Waals surface area (Å²) in [6, 6.07) is 4.27. The third-order valence-corrected chi connectivity index (χ3v) is 4.79. The van der Waals surface area contributed by atoms with Gasteiger partial charge in [0.25, 0.3) is 5.91 Å². The monoisotopic (exact) mass is 394 g/mol. The van der Waals surface area contributed by atoms with E-state index >= 15 is 0 Å². The molecule has 0 bridgehead atoms. The molecule has 0 aliphatic carbocycles. The molecule has 0 radical (unpaired) electrons. The van der Waals surface area contributed by atoms with Crippen molar-refractivity contribution >= 4 is 27.6 Å². The van der Waals surface area contributed by atoms with E-state index in [-0.39, 0.29) is 5.56 Å². The Morgan fingerprint density at radius 2 is 2.00 bits per heavy atom. The number of nitrogens with one attached hydrogen (secondary N) is 1. The van der Waals surface area contributed by atoms with Crippen LogP contribution in [0.25, 0.3) is 0 Å². The van der Waals surface area contributed by atoms with Gasteiger partial charge in [-0.3, -0.25) is 9.10 Å². The van der Waals surface area contributed by atoms with Crippen LogP contribution in [0, 0.1) is 0 Å². The first-order valence-electron chi connectivity index (χ1n) is 7.58. The number of ether oxygens (including phenoxy) is 1. The first-order chi connectivity index (χ1) is 12.0. The minimum atomic E-state index is -4.55. The number of hydrogen-bond donors (Lipinski definition) is 1. The van der Waals surface area contributed by atoms with Gasteiger partial charge in [0.2, 0.25) is 10.0 Å². The molecule has 0 unspecified atom stereocenters. The van der Waals surface area contributed by atoms with Crippen molar-refractivity contribution in [3.63, 3.8) is 0 Å². The number of benzene rings is 1. The number of halogens is 3. The first-order valence-corrected chi connectivity index (χ1v) is 9.43. The highest BCUT2D eigenvalue weighted by Gasteiger charge is 2.28. The molecular formula is C15H17F3N2O5S. The largest absolute Gasteiger partial charge is 0.452 e. The molecule has 0 saturated carbocycles. The number of aryl methyl sites for hydroxylation is 1. The molecule has 144 valence electrons. The van der Waals surface area contributed by atoms with E-state index in [4.69, 9.17) is 4.74 Å². The Morgan fingerprint density at radius 3 is 2.62 bits per heavy atom. The van der Waals surface area contributed by atoms with Crippen molar-refractivity contribution < 1.29 is 35.9 Å². The molecule has 1 aromatic rings. The summed E-state index contributed by atoms with van der Waals surface area (Å²) in [5.74, 6) is -1.96. The lowest BCUT2D eigenvalue weighted by atomic mass is 10.0. The van der Waals surface area contributed by atoms with Crippen LogP contribution >= 0.6 is 0 Å². The van der Waals surface area contributed by atoms with E-state index in [1.165, 1.54) is 22.5 Å². The van der Waals surface area contributed by atoms with Crippen LogP contribution in [0.15, 0.2) is 18.2 Å². The summed E-state index contributed by atoms with van der Waals surface area (Å²) in [6.45, 7) is -2.01. The molecular weight excluding hydrogens is 377 g/mol. The van der Waals surface area contributed by atoms with Crippen LogP contribution in [0.5, 0.6) is 0 Å². The lowest BCUT2D eigenvalue weighted by molar-refractivity contribution is -0.140. The SMILES string of the molecule is CS(=O)(=O)N1CCCc2cc(C(=O)OCC(=O)NCC(F)(F)F)ccc21. The topological polar surface area (TPSA) is 92.8 Å². The maximum atomic E-state index is 12.0. The Hall–Kier alpha value is -2.30. The predicted octanol–water partition coefficient (Wildman–Crippen LogP) is 1.23. The van der Waals surface area contributed by atoms with Gasteiger partial charge in [0.1, 0.15) is 6.54 Å². The van der Waals surface area contributed by atoms with E-state index in [1.54, 1.807) is 5.32 Å². The number of amides is 1. The zero-order valence-electron chi connectivity index (χ0n) is 13.8. The molecule has 1 heterocycles. The highest BCUT2D eigenvalue weighted by atomic mass is 32.2. The highest BCUT2D eigenvalue weighted by Crippen LogP contribution is 2.30. The average Bonchev–Trinajstić information content (AvgIpc) is 2.55. The van der Waals surface area contributed by atoms with Crippen molar-refractivity contribution in [2.75, 3.05) is 30.3 Å². The number of sulfonamides is 1.